The highest BCUT2D eigenvalue weighted by atomic mass is 32.2. The van der Waals surface area contributed by atoms with Gasteiger partial charge in [-0.3, -0.25) is 9.00 Å². The molecule has 4 nitrogen and oxygen atoms in total. The number of hydrogen-bond acceptors (Lipinski definition) is 3. The molecule has 0 heterocycles. The van der Waals surface area contributed by atoms with Crippen molar-refractivity contribution in [3.8, 4) is 0 Å². The van der Waals surface area contributed by atoms with Crippen molar-refractivity contribution in [3.05, 3.63) is 24.3 Å². The van der Waals surface area contributed by atoms with E-state index < -0.39 is 10.8 Å². The molecule has 0 bridgehead atoms. The molecule has 94 valence electrons. The summed E-state index contributed by atoms with van der Waals surface area (Å²) in [4.78, 5) is 11.6. The summed E-state index contributed by atoms with van der Waals surface area (Å²) < 4.78 is 11.5. The first-order chi connectivity index (χ1) is 8.00. The van der Waals surface area contributed by atoms with E-state index in [1.165, 1.54) is 0 Å². The zero-order chi connectivity index (χ0) is 12.8. The van der Waals surface area contributed by atoms with Crippen molar-refractivity contribution in [1.29, 1.82) is 0 Å². The Morgan fingerprint density at radius 2 is 2.06 bits per heavy atom. The summed E-state index contributed by atoms with van der Waals surface area (Å²) in [5, 5.41) is 2.79. The standard InChI is InChI=1S/C12H18N2O2S/c1-9(2)17(16)8-7-12(15)14-11-6-4-3-5-10(11)13/h3-6,9H,7-8,13H2,1-2H3,(H,14,15). The predicted octanol–water partition coefficient (Wildman–Crippen LogP) is 1.75. The molecule has 1 atom stereocenters. The van der Waals surface area contributed by atoms with Crippen LogP contribution in [0.15, 0.2) is 24.3 Å². The van der Waals surface area contributed by atoms with E-state index in [9.17, 15) is 9.00 Å². The van der Waals surface area contributed by atoms with Crippen molar-refractivity contribution in [2.45, 2.75) is 25.5 Å². The number of nitrogens with two attached hydrogens (primary N) is 1. The highest BCUT2D eigenvalue weighted by Gasteiger charge is 2.09. The quantitative estimate of drug-likeness (QED) is 0.786. The van der Waals surface area contributed by atoms with E-state index in [0.29, 0.717) is 17.1 Å². The van der Waals surface area contributed by atoms with Gasteiger partial charge in [0.15, 0.2) is 0 Å². The van der Waals surface area contributed by atoms with Gasteiger partial charge in [0.05, 0.1) is 11.4 Å². The van der Waals surface area contributed by atoms with Crippen LogP contribution in [0, 0.1) is 0 Å². The molecule has 0 aliphatic heterocycles. The summed E-state index contributed by atoms with van der Waals surface area (Å²) >= 11 is 0. The van der Waals surface area contributed by atoms with Gasteiger partial charge < -0.3 is 11.1 Å². The maximum Gasteiger partial charge on any atom is 0.225 e. The molecule has 1 rings (SSSR count). The topological polar surface area (TPSA) is 72.2 Å². The van der Waals surface area contributed by atoms with Crippen LogP contribution >= 0.6 is 0 Å². The summed E-state index contributed by atoms with van der Waals surface area (Å²) in [5.41, 5.74) is 6.84. The van der Waals surface area contributed by atoms with Gasteiger partial charge in [-0.1, -0.05) is 26.0 Å². The van der Waals surface area contributed by atoms with E-state index in [2.05, 4.69) is 5.32 Å². The monoisotopic (exact) mass is 254 g/mol. The molecule has 0 saturated heterocycles. The van der Waals surface area contributed by atoms with Crippen molar-refractivity contribution in [2.24, 2.45) is 0 Å². The Morgan fingerprint density at radius 1 is 1.41 bits per heavy atom. The molecule has 1 aromatic rings. The Bertz CT molecular complexity index is 419. The van der Waals surface area contributed by atoms with Gasteiger partial charge in [0.25, 0.3) is 0 Å². The summed E-state index contributed by atoms with van der Waals surface area (Å²) in [6.07, 6.45) is 0.249. The number of benzene rings is 1. The second-order valence-corrected chi connectivity index (χ2v) is 6.13. The van der Waals surface area contributed by atoms with Crippen molar-refractivity contribution in [3.63, 3.8) is 0 Å². The minimum absolute atomic E-state index is 0.0876. The van der Waals surface area contributed by atoms with Gasteiger partial charge in [-0.25, -0.2) is 0 Å². The summed E-state index contributed by atoms with van der Waals surface area (Å²) in [6.45, 7) is 3.76. The first-order valence-corrected chi connectivity index (χ1v) is 6.90. The lowest BCUT2D eigenvalue weighted by molar-refractivity contribution is -0.115. The van der Waals surface area contributed by atoms with E-state index in [-0.39, 0.29) is 17.6 Å². The molecule has 0 fully saturated rings. The number of anilines is 2. The predicted molar refractivity (Wildman–Crippen MR) is 72.2 cm³/mol. The summed E-state index contributed by atoms with van der Waals surface area (Å²) in [6, 6.07) is 7.07. The highest BCUT2D eigenvalue weighted by Crippen LogP contribution is 2.16. The van der Waals surface area contributed by atoms with Crippen LogP contribution in [0.3, 0.4) is 0 Å². The maximum absolute atomic E-state index is 11.6. The number of para-hydroxylation sites is 2. The SMILES string of the molecule is CC(C)S(=O)CCC(=O)Nc1ccccc1N. The minimum atomic E-state index is -0.948. The first kappa shape index (κ1) is 13.7. The molecule has 0 aliphatic carbocycles. The van der Waals surface area contributed by atoms with Gasteiger partial charge in [-0.15, -0.1) is 0 Å². The molecule has 5 heteroatoms. The molecule has 3 N–H and O–H groups in total. The molecule has 1 amide bonds. The van der Waals surface area contributed by atoms with E-state index >= 15 is 0 Å². The number of amides is 1. The Morgan fingerprint density at radius 3 is 2.65 bits per heavy atom. The van der Waals surface area contributed by atoms with E-state index in [0.717, 1.165) is 0 Å². The molecule has 17 heavy (non-hydrogen) atoms. The lowest BCUT2D eigenvalue weighted by Crippen LogP contribution is -2.18. The van der Waals surface area contributed by atoms with E-state index in [1.807, 2.05) is 13.8 Å². The first-order valence-electron chi connectivity index (χ1n) is 5.52. The van der Waals surface area contributed by atoms with Crippen LogP contribution in [-0.4, -0.2) is 21.1 Å². The Hall–Kier alpha value is -1.36. The molecule has 1 aromatic carbocycles. The van der Waals surface area contributed by atoms with Crippen LogP contribution in [0.5, 0.6) is 0 Å². The maximum atomic E-state index is 11.6. The Balaban J connectivity index is 2.46. The average molecular weight is 254 g/mol. The minimum Gasteiger partial charge on any atom is -0.397 e. The fourth-order valence-electron chi connectivity index (χ4n) is 1.25. The van der Waals surface area contributed by atoms with Gasteiger partial charge in [-0.2, -0.15) is 0 Å². The summed E-state index contributed by atoms with van der Waals surface area (Å²) in [5.74, 6) is 0.230. The molecular weight excluding hydrogens is 236 g/mol. The van der Waals surface area contributed by atoms with Crippen molar-refractivity contribution in [2.75, 3.05) is 16.8 Å². The van der Waals surface area contributed by atoms with Crippen LogP contribution in [-0.2, 0) is 15.6 Å². The second kappa shape index (κ2) is 6.39. The molecule has 1 unspecified atom stereocenters. The van der Waals surface area contributed by atoms with Gasteiger partial charge in [0.1, 0.15) is 0 Å². The smallest absolute Gasteiger partial charge is 0.225 e. The third-order valence-electron chi connectivity index (χ3n) is 2.29. The lowest BCUT2D eigenvalue weighted by atomic mass is 10.2. The Kier molecular flexibility index (Phi) is 5.15. The van der Waals surface area contributed by atoms with Crippen molar-refractivity contribution in [1.82, 2.24) is 0 Å². The number of nitrogens with one attached hydrogen (secondary N) is 1. The Labute approximate surface area is 104 Å². The number of carbonyl (C=O) groups is 1. The van der Waals surface area contributed by atoms with Gasteiger partial charge >= 0.3 is 0 Å². The largest absolute Gasteiger partial charge is 0.397 e. The number of rotatable bonds is 5. The van der Waals surface area contributed by atoms with Gasteiger partial charge in [-0.05, 0) is 12.1 Å². The van der Waals surface area contributed by atoms with E-state index in [4.69, 9.17) is 5.73 Å². The lowest BCUT2D eigenvalue weighted by Gasteiger charge is -2.08. The van der Waals surface area contributed by atoms with Crippen LogP contribution in [0.1, 0.15) is 20.3 Å². The van der Waals surface area contributed by atoms with Gasteiger partial charge in [0.2, 0.25) is 5.91 Å². The van der Waals surface area contributed by atoms with Crippen LogP contribution in [0.4, 0.5) is 11.4 Å². The highest BCUT2D eigenvalue weighted by molar-refractivity contribution is 7.85. The molecular formula is C12H18N2O2S. The number of hydrogen-bond donors (Lipinski definition) is 2. The molecule has 0 aliphatic rings. The molecule has 0 saturated carbocycles. The van der Waals surface area contributed by atoms with Crippen LogP contribution in [0.2, 0.25) is 0 Å². The zero-order valence-corrected chi connectivity index (χ0v) is 10.9. The van der Waals surface area contributed by atoms with Crippen LogP contribution in [0.25, 0.3) is 0 Å². The van der Waals surface area contributed by atoms with E-state index in [1.54, 1.807) is 24.3 Å². The van der Waals surface area contributed by atoms with Crippen LogP contribution < -0.4 is 11.1 Å². The number of carbonyl (C=O) groups excluding carboxylic acids is 1. The van der Waals surface area contributed by atoms with Crippen molar-refractivity contribution >= 4 is 28.1 Å². The number of nitrogen functional groups attached to an aromatic ring is 1. The fraction of sp³-hybridized carbons (Fsp3) is 0.417. The molecule has 0 spiro atoms. The van der Waals surface area contributed by atoms with Crippen molar-refractivity contribution < 1.29 is 9.00 Å². The zero-order valence-electron chi connectivity index (χ0n) is 10.1. The molecule has 0 aromatic heterocycles. The second-order valence-electron chi connectivity index (χ2n) is 4.02. The molecule has 0 radical (unpaired) electrons. The third-order valence-corrected chi connectivity index (χ3v) is 3.95. The fourth-order valence-corrected chi connectivity index (χ4v) is 2.11. The normalized spacial score (nSPS) is 12.4. The third kappa shape index (κ3) is 4.56. The average Bonchev–Trinajstić information content (AvgIpc) is 2.29. The van der Waals surface area contributed by atoms with Gasteiger partial charge in [0, 0.05) is 28.2 Å². The summed E-state index contributed by atoms with van der Waals surface area (Å²) in [7, 11) is -0.948.